The molecule has 3 rings (SSSR count). The van der Waals surface area contributed by atoms with Gasteiger partial charge in [-0.1, -0.05) is 17.3 Å². The Morgan fingerprint density at radius 1 is 1.18 bits per heavy atom. The summed E-state index contributed by atoms with van der Waals surface area (Å²) in [5, 5.41) is 3.74. The minimum absolute atomic E-state index is 0.228. The van der Waals surface area contributed by atoms with Crippen molar-refractivity contribution in [2.45, 2.75) is 32.1 Å². The summed E-state index contributed by atoms with van der Waals surface area (Å²) in [6.45, 7) is 3.29. The smallest absolute Gasteiger partial charge is 0.338 e. The summed E-state index contributed by atoms with van der Waals surface area (Å²) in [7, 11) is -3.50. The van der Waals surface area contributed by atoms with E-state index >= 15 is 0 Å². The first-order valence-electron chi connectivity index (χ1n) is 8.69. The van der Waals surface area contributed by atoms with Gasteiger partial charge in [-0.3, -0.25) is 4.90 Å². The zero-order valence-corrected chi connectivity index (χ0v) is 16.3. The van der Waals surface area contributed by atoms with Gasteiger partial charge in [0.2, 0.25) is 15.9 Å². The third-order valence-corrected chi connectivity index (χ3v) is 5.93. The maximum atomic E-state index is 12.7. The maximum Gasteiger partial charge on any atom is 0.416 e. The van der Waals surface area contributed by atoms with Gasteiger partial charge in [0.05, 0.1) is 11.8 Å². The Labute approximate surface area is 161 Å². The average molecular weight is 418 g/mol. The van der Waals surface area contributed by atoms with Gasteiger partial charge in [0.1, 0.15) is 6.04 Å². The lowest BCUT2D eigenvalue weighted by molar-refractivity contribution is -0.137. The molecule has 0 N–H and O–H groups in total. The Bertz CT molecular complexity index is 912. The molecule has 154 valence electrons. The molecule has 1 unspecified atom stereocenters. The van der Waals surface area contributed by atoms with Crippen molar-refractivity contribution in [2.75, 3.05) is 25.9 Å². The third-order valence-electron chi connectivity index (χ3n) is 4.64. The van der Waals surface area contributed by atoms with Crippen LogP contribution in [0.3, 0.4) is 0 Å². The number of halogens is 3. The van der Waals surface area contributed by atoms with Crippen LogP contribution >= 0.6 is 0 Å². The molecular formula is C17H21F3N4O3S. The van der Waals surface area contributed by atoms with E-state index in [1.54, 1.807) is 6.92 Å². The molecule has 7 nitrogen and oxygen atoms in total. The molecule has 1 aromatic heterocycles. The summed E-state index contributed by atoms with van der Waals surface area (Å²) in [6.07, 6.45) is -2.80. The second-order valence-corrected chi connectivity index (χ2v) is 8.76. The predicted molar refractivity (Wildman–Crippen MR) is 94.7 cm³/mol. The molecule has 11 heteroatoms. The maximum absolute atomic E-state index is 12.7. The van der Waals surface area contributed by atoms with Crippen LogP contribution in [0.2, 0.25) is 0 Å². The zero-order valence-electron chi connectivity index (χ0n) is 15.5. The van der Waals surface area contributed by atoms with E-state index in [0.717, 1.165) is 24.0 Å². The van der Waals surface area contributed by atoms with Crippen LogP contribution in [0.4, 0.5) is 13.2 Å². The first-order chi connectivity index (χ1) is 13.0. The largest absolute Gasteiger partial charge is 0.416 e. The first kappa shape index (κ1) is 20.7. The minimum atomic E-state index is -4.37. The molecule has 1 aliphatic heterocycles. The van der Waals surface area contributed by atoms with Gasteiger partial charge < -0.3 is 4.52 Å². The molecule has 0 radical (unpaired) electrons. The van der Waals surface area contributed by atoms with E-state index < -0.39 is 27.8 Å². The first-order valence-corrected chi connectivity index (χ1v) is 10.5. The van der Waals surface area contributed by atoms with E-state index in [1.807, 2.05) is 4.90 Å². The summed E-state index contributed by atoms with van der Waals surface area (Å²) < 4.78 is 69.1. The third kappa shape index (κ3) is 4.89. The van der Waals surface area contributed by atoms with Gasteiger partial charge in [0, 0.05) is 26.2 Å². The minimum Gasteiger partial charge on any atom is -0.338 e. The van der Waals surface area contributed by atoms with E-state index in [2.05, 4.69) is 10.1 Å². The van der Waals surface area contributed by atoms with Crippen molar-refractivity contribution in [2.24, 2.45) is 0 Å². The van der Waals surface area contributed by atoms with Crippen molar-refractivity contribution in [1.29, 1.82) is 0 Å². The predicted octanol–water partition coefficient (Wildman–Crippen LogP) is 2.61. The van der Waals surface area contributed by atoms with E-state index in [9.17, 15) is 21.6 Å². The average Bonchev–Trinajstić information content (AvgIpc) is 2.90. The van der Waals surface area contributed by atoms with Crippen molar-refractivity contribution < 1.29 is 26.1 Å². The molecule has 1 aromatic carbocycles. The molecule has 0 spiro atoms. The summed E-state index contributed by atoms with van der Waals surface area (Å²) in [5.74, 6) is 0.675. The van der Waals surface area contributed by atoms with E-state index in [1.165, 1.54) is 16.4 Å². The Morgan fingerprint density at radius 2 is 1.86 bits per heavy atom. The number of hydrogen-bond donors (Lipinski definition) is 0. The molecule has 1 atom stereocenters. The summed E-state index contributed by atoms with van der Waals surface area (Å²) in [4.78, 5) is 6.18. The molecule has 2 heterocycles. The second-order valence-electron chi connectivity index (χ2n) is 6.83. The van der Waals surface area contributed by atoms with E-state index in [0.29, 0.717) is 31.9 Å². The quantitative estimate of drug-likeness (QED) is 0.760. The Morgan fingerprint density at radius 3 is 2.39 bits per heavy atom. The van der Waals surface area contributed by atoms with Gasteiger partial charge in [0.25, 0.3) is 0 Å². The number of aromatic nitrogens is 2. The fourth-order valence-corrected chi connectivity index (χ4v) is 4.34. The number of nitrogens with zero attached hydrogens (tertiary/aromatic N) is 4. The monoisotopic (exact) mass is 418 g/mol. The molecule has 0 bridgehead atoms. The van der Waals surface area contributed by atoms with Crippen LogP contribution in [0.1, 0.15) is 35.3 Å². The van der Waals surface area contributed by atoms with E-state index in [4.69, 9.17) is 4.52 Å². The lowest BCUT2D eigenvalue weighted by Gasteiger charge is -2.24. The molecule has 28 heavy (non-hydrogen) atoms. The lowest BCUT2D eigenvalue weighted by atomic mass is 10.1. The highest BCUT2D eigenvalue weighted by Gasteiger charge is 2.35. The molecule has 1 fully saturated rings. The van der Waals surface area contributed by atoms with Crippen molar-refractivity contribution in [3.63, 3.8) is 0 Å². The van der Waals surface area contributed by atoms with Gasteiger partial charge in [-0.15, -0.1) is 0 Å². The fraction of sp³-hybridized carbons (Fsp3) is 0.529. The van der Waals surface area contributed by atoms with Crippen LogP contribution in [-0.4, -0.2) is 53.7 Å². The van der Waals surface area contributed by atoms with Crippen molar-refractivity contribution in [3.05, 3.63) is 47.1 Å². The number of aryl methyl sites for hydroxylation is 1. The Kier molecular flexibility index (Phi) is 5.78. The van der Waals surface area contributed by atoms with Crippen LogP contribution in [0.25, 0.3) is 0 Å². The normalized spacial score (nSPS) is 20.2. The topological polar surface area (TPSA) is 79.5 Å². The highest BCUT2D eigenvalue weighted by molar-refractivity contribution is 7.88. The van der Waals surface area contributed by atoms with Crippen molar-refractivity contribution >= 4 is 10.0 Å². The number of sulfonamides is 1. The highest BCUT2D eigenvalue weighted by Crippen LogP contribution is 2.30. The van der Waals surface area contributed by atoms with Crippen LogP contribution in [0.15, 0.2) is 28.8 Å². The fourth-order valence-electron chi connectivity index (χ4n) is 3.26. The van der Waals surface area contributed by atoms with Crippen LogP contribution in [-0.2, 0) is 22.7 Å². The SMILES string of the molecule is Cc1noc(C2CCN(Cc3ccc(C(F)(F)F)cc3)CCN2S(C)(=O)=O)n1. The number of alkyl halides is 3. The number of benzene rings is 1. The molecule has 1 saturated heterocycles. The summed E-state index contributed by atoms with van der Waals surface area (Å²) in [5.41, 5.74) is 0.0354. The van der Waals surface area contributed by atoms with E-state index in [-0.39, 0.29) is 12.4 Å². The summed E-state index contributed by atoms with van der Waals surface area (Å²) in [6, 6.07) is 4.44. The molecule has 0 amide bonds. The molecular weight excluding hydrogens is 397 g/mol. The van der Waals surface area contributed by atoms with Gasteiger partial charge in [-0.25, -0.2) is 8.42 Å². The molecule has 0 aliphatic carbocycles. The van der Waals surface area contributed by atoms with Gasteiger partial charge >= 0.3 is 6.18 Å². The second kappa shape index (κ2) is 7.80. The van der Waals surface area contributed by atoms with Crippen LogP contribution in [0.5, 0.6) is 0 Å². The molecule has 1 aliphatic rings. The standard InChI is InChI=1S/C17H21F3N4O3S/c1-12-21-16(27-22-12)15-7-8-23(9-10-24(15)28(2,25)26)11-13-3-5-14(6-4-13)17(18,19)20/h3-6,15H,7-11H2,1-2H3. The molecule has 2 aromatic rings. The van der Waals surface area contributed by atoms with Gasteiger partial charge in [-0.05, 0) is 31.0 Å². The van der Waals surface area contributed by atoms with Crippen molar-refractivity contribution in [1.82, 2.24) is 19.3 Å². The van der Waals surface area contributed by atoms with Crippen LogP contribution < -0.4 is 0 Å². The van der Waals surface area contributed by atoms with Crippen molar-refractivity contribution in [3.8, 4) is 0 Å². The molecule has 0 saturated carbocycles. The number of hydrogen-bond acceptors (Lipinski definition) is 6. The zero-order chi connectivity index (χ0) is 20.5. The lowest BCUT2D eigenvalue weighted by Crippen LogP contribution is -2.36. The van der Waals surface area contributed by atoms with Gasteiger partial charge in [0.15, 0.2) is 5.82 Å². The Balaban J connectivity index is 1.74. The Hall–Kier alpha value is -1.98. The summed E-state index contributed by atoms with van der Waals surface area (Å²) >= 11 is 0. The van der Waals surface area contributed by atoms with Crippen LogP contribution in [0, 0.1) is 6.92 Å². The highest BCUT2D eigenvalue weighted by atomic mass is 32.2. The number of rotatable bonds is 4. The van der Waals surface area contributed by atoms with Gasteiger partial charge in [-0.2, -0.15) is 22.5 Å².